The van der Waals surface area contributed by atoms with Crippen molar-refractivity contribution in [2.75, 3.05) is 5.32 Å². The lowest BCUT2D eigenvalue weighted by Gasteiger charge is -2.09. The summed E-state index contributed by atoms with van der Waals surface area (Å²) in [4.78, 5) is 12.4. The van der Waals surface area contributed by atoms with Gasteiger partial charge in [-0.25, -0.2) is 0 Å². The van der Waals surface area contributed by atoms with Gasteiger partial charge in [0.1, 0.15) is 24.0 Å². The van der Waals surface area contributed by atoms with E-state index in [0.29, 0.717) is 33.7 Å². The number of nitrogens with zero attached hydrogens (tertiary/aromatic N) is 1. The van der Waals surface area contributed by atoms with Crippen molar-refractivity contribution in [2.24, 2.45) is 0 Å². The molecule has 0 aromatic heterocycles. The van der Waals surface area contributed by atoms with Gasteiger partial charge in [-0.3, -0.25) is 4.79 Å². The minimum absolute atomic E-state index is 0.0430. The molecule has 0 saturated carbocycles. The van der Waals surface area contributed by atoms with Crippen LogP contribution in [0, 0.1) is 11.3 Å². The molecule has 0 spiro atoms. The molecule has 3 rings (SSSR count). The summed E-state index contributed by atoms with van der Waals surface area (Å²) in [7, 11) is 0. The van der Waals surface area contributed by atoms with Crippen molar-refractivity contribution in [3.05, 3.63) is 96.4 Å². The molecule has 0 aliphatic carbocycles. The molecule has 8 heteroatoms. The summed E-state index contributed by atoms with van der Waals surface area (Å²) in [5, 5.41) is 12.7. The van der Waals surface area contributed by atoms with E-state index in [1.165, 1.54) is 12.1 Å². The number of nitriles is 1. The van der Waals surface area contributed by atoms with Crippen LogP contribution in [-0.4, -0.2) is 5.91 Å². The minimum atomic E-state index is -0.540. The van der Waals surface area contributed by atoms with E-state index < -0.39 is 5.91 Å². The second kappa shape index (κ2) is 10.8. The fourth-order valence-corrected chi connectivity index (χ4v) is 4.01. The lowest BCUT2D eigenvalue weighted by molar-refractivity contribution is -0.112. The summed E-state index contributed by atoms with van der Waals surface area (Å²) in [6.07, 6.45) is 1.50. The first-order chi connectivity index (χ1) is 14.9. The molecule has 156 valence electrons. The predicted molar refractivity (Wildman–Crippen MR) is 131 cm³/mol. The fraction of sp³-hybridized carbons (Fsp3) is 0.0435. The monoisotopic (exact) mass is 578 g/mol. The molecule has 0 saturated heterocycles. The third kappa shape index (κ3) is 6.59. The van der Waals surface area contributed by atoms with E-state index in [9.17, 15) is 10.1 Å². The van der Waals surface area contributed by atoms with Crippen molar-refractivity contribution in [1.82, 2.24) is 0 Å². The number of hydrogen-bond donors (Lipinski definition) is 1. The van der Waals surface area contributed by atoms with Gasteiger partial charge in [0.25, 0.3) is 5.91 Å². The Kier molecular flexibility index (Phi) is 8.16. The van der Waals surface area contributed by atoms with Gasteiger partial charge in [-0.1, -0.05) is 73.3 Å². The summed E-state index contributed by atoms with van der Waals surface area (Å²) in [5.74, 6) is 0.132. The lowest BCUT2D eigenvalue weighted by Crippen LogP contribution is -2.13. The number of carbonyl (C=O) groups excluding carboxylic acids is 1. The highest BCUT2D eigenvalue weighted by Crippen LogP contribution is 2.26. The maximum atomic E-state index is 12.4. The van der Waals surface area contributed by atoms with E-state index in [1.54, 1.807) is 36.4 Å². The molecule has 0 bridgehead atoms. The molecule has 0 heterocycles. The van der Waals surface area contributed by atoms with Gasteiger partial charge in [-0.2, -0.15) is 5.26 Å². The first kappa shape index (κ1) is 23.4. The molecule has 0 fully saturated rings. The number of benzene rings is 3. The number of hydrogen-bond acceptors (Lipinski definition) is 3. The molecule has 1 amide bonds. The number of ether oxygens (including phenoxy) is 1. The topological polar surface area (TPSA) is 62.1 Å². The Morgan fingerprint density at radius 2 is 1.77 bits per heavy atom. The van der Waals surface area contributed by atoms with Crippen molar-refractivity contribution in [3.8, 4) is 11.8 Å². The Morgan fingerprint density at radius 1 is 1.03 bits per heavy atom. The lowest BCUT2D eigenvalue weighted by atomic mass is 10.1. The molecule has 1 N–H and O–H groups in total. The highest BCUT2D eigenvalue weighted by Gasteiger charge is 2.11. The Balaban J connectivity index is 1.66. The van der Waals surface area contributed by atoms with Crippen LogP contribution in [0.5, 0.6) is 5.75 Å². The largest absolute Gasteiger partial charge is 0.489 e. The van der Waals surface area contributed by atoms with Crippen molar-refractivity contribution >= 4 is 72.7 Å². The Bertz CT molecular complexity index is 1190. The van der Waals surface area contributed by atoms with E-state index in [1.807, 2.05) is 24.3 Å². The van der Waals surface area contributed by atoms with Gasteiger partial charge < -0.3 is 10.1 Å². The SMILES string of the molecule is N#C/C(=C/c1ccc(OCc2ccc(Br)cc2Br)cc1)C(=O)Nc1ccc(Cl)c(Cl)c1. The Labute approximate surface area is 206 Å². The van der Waals surface area contributed by atoms with Gasteiger partial charge in [0.2, 0.25) is 0 Å². The average molecular weight is 581 g/mol. The van der Waals surface area contributed by atoms with Gasteiger partial charge in [0.15, 0.2) is 0 Å². The van der Waals surface area contributed by atoms with Crippen LogP contribution in [0.2, 0.25) is 10.0 Å². The van der Waals surface area contributed by atoms with E-state index in [4.69, 9.17) is 27.9 Å². The first-order valence-corrected chi connectivity index (χ1v) is 11.2. The Morgan fingerprint density at radius 3 is 2.42 bits per heavy atom. The van der Waals surface area contributed by atoms with E-state index >= 15 is 0 Å². The molecule has 4 nitrogen and oxygen atoms in total. The highest BCUT2D eigenvalue weighted by atomic mass is 79.9. The van der Waals surface area contributed by atoms with E-state index in [2.05, 4.69) is 37.2 Å². The predicted octanol–water partition coefficient (Wildman–Crippen LogP) is 7.64. The van der Waals surface area contributed by atoms with Crippen LogP contribution in [-0.2, 0) is 11.4 Å². The minimum Gasteiger partial charge on any atom is -0.489 e. The van der Waals surface area contributed by atoms with Crippen LogP contribution in [0.1, 0.15) is 11.1 Å². The third-order valence-corrected chi connectivity index (χ3v) is 6.11. The zero-order chi connectivity index (χ0) is 22.4. The smallest absolute Gasteiger partial charge is 0.266 e. The van der Waals surface area contributed by atoms with Crippen LogP contribution in [0.25, 0.3) is 6.08 Å². The summed E-state index contributed by atoms with van der Waals surface area (Å²) in [6, 6.07) is 19.6. The van der Waals surface area contributed by atoms with Gasteiger partial charge in [-0.15, -0.1) is 0 Å². The van der Waals surface area contributed by atoms with Crippen LogP contribution in [0.4, 0.5) is 5.69 Å². The second-order valence-electron chi connectivity index (χ2n) is 6.35. The number of amides is 1. The molecule has 0 unspecified atom stereocenters. The molecule has 31 heavy (non-hydrogen) atoms. The maximum absolute atomic E-state index is 12.4. The molecule has 3 aromatic carbocycles. The number of halogens is 4. The number of rotatable bonds is 6. The summed E-state index contributed by atoms with van der Waals surface area (Å²) >= 11 is 18.8. The van der Waals surface area contributed by atoms with Gasteiger partial charge >= 0.3 is 0 Å². The number of carbonyl (C=O) groups is 1. The highest BCUT2D eigenvalue weighted by molar-refractivity contribution is 9.11. The van der Waals surface area contributed by atoms with Crippen LogP contribution in [0.15, 0.2) is 75.2 Å². The molecule has 0 radical (unpaired) electrons. The van der Waals surface area contributed by atoms with Crippen molar-refractivity contribution in [2.45, 2.75) is 6.61 Å². The molecular formula is C23H14Br2Cl2N2O2. The van der Waals surface area contributed by atoms with Crippen molar-refractivity contribution in [3.63, 3.8) is 0 Å². The van der Waals surface area contributed by atoms with Gasteiger partial charge in [0, 0.05) is 20.2 Å². The van der Waals surface area contributed by atoms with Crippen LogP contribution >= 0.6 is 55.1 Å². The molecule has 0 atom stereocenters. The van der Waals surface area contributed by atoms with Gasteiger partial charge in [-0.05, 0) is 54.1 Å². The first-order valence-electron chi connectivity index (χ1n) is 8.90. The van der Waals surface area contributed by atoms with Crippen LogP contribution in [0.3, 0.4) is 0 Å². The third-order valence-electron chi connectivity index (χ3n) is 4.14. The molecule has 3 aromatic rings. The molecule has 0 aliphatic heterocycles. The van der Waals surface area contributed by atoms with Gasteiger partial charge in [0.05, 0.1) is 10.0 Å². The quantitative estimate of drug-likeness (QED) is 0.241. The summed E-state index contributed by atoms with van der Waals surface area (Å²) < 4.78 is 7.75. The van der Waals surface area contributed by atoms with E-state index in [-0.39, 0.29) is 5.57 Å². The zero-order valence-corrected chi connectivity index (χ0v) is 20.5. The van der Waals surface area contributed by atoms with Crippen LogP contribution < -0.4 is 10.1 Å². The average Bonchev–Trinajstić information content (AvgIpc) is 2.75. The molecule has 0 aliphatic rings. The van der Waals surface area contributed by atoms with E-state index in [0.717, 1.165) is 14.5 Å². The zero-order valence-electron chi connectivity index (χ0n) is 15.8. The van der Waals surface area contributed by atoms with Crippen molar-refractivity contribution in [1.29, 1.82) is 5.26 Å². The Hall–Kier alpha value is -2.30. The summed E-state index contributed by atoms with van der Waals surface area (Å²) in [6.45, 7) is 0.401. The molecular weight excluding hydrogens is 567 g/mol. The van der Waals surface area contributed by atoms with Crippen molar-refractivity contribution < 1.29 is 9.53 Å². The normalized spacial score (nSPS) is 11.0. The summed E-state index contributed by atoms with van der Waals surface area (Å²) in [5.41, 5.74) is 2.11. The fourth-order valence-electron chi connectivity index (χ4n) is 2.55. The second-order valence-corrected chi connectivity index (χ2v) is 8.93. The number of nitrogens with one attached hydrogen (secondary N) is 1. The number of anilines is 1. The standard InChI is InChI=1S/C23H14Br2Cl2N2O2/c24-17-4-3-15(20(25)10-17)13-31-19-6-1-14(2-7-19)9-16(12-28)23(30)29-18-5-8-21(26)22(27)11-18/h1-11H,13H2,(H,29,30)/b16-9-. The maximum Gasteiger partial charge on any atom is 0.266 e.